The summed E-state index contributed by atoms with van der Waals surface area (Å²) in [6.07, 6.45) is 7.73. The molecule has 0 bridgehead atoms. The second-order valence-electron chi connectivity index (χ2n) is 12.8. The highest BCUT2D eigenvalue weighted by molar-refractivity contribution is 6.12. The van der Waals surface area contributed by atoms with Gasteiger partial charge in [0.1, 0.15) is 0 Å². The largest absolute Gasteiger partial charge is 0.309 e. The molecular formula is C47H34N4. The fourth-order valence-corrected chi connectivity index (χ4v) is 7.24. The van der Waals surface area contributed by atoms with Crippen molar-refractivity contribution in [3.05, 3.63) is 188 Å². The average Bonchev–Trinajstić information content (AvgIpc) is 3.71. The smallest absolute Gasteiger partial charge is 0.160 e. The van der Waals surface area contributed by atoms with Gasteiger partial charge in [-0.2, -0.15) is 0 Å². The van der Waals surface area contributed by atoms with Gasteiger partial charge in [0.25, 0.3) is 0 Å². The minimum Gasteiger partial charge on any atom is -0.309 e. The maximum atomic E-state index is 5.04. The van der Waals surface area contributed by atoms with E-state index in [-0.39, 0.29) is 0 Å². The van der Waals surface area contributed by atoms with Crippen LogP contribution < -0.4 is 0 Å². The van der Waals surface area contributed by atoms with Gasteiger partial charge in [-0.25, -0.2) is 9.97 Å². The van der Waals surface area contributed by atoms with E-state index in [1.54, 1.807) is 6.08 Å². The van der Waals surface area contributed by atoms with Gasteiger partial charge in [-0.15, -0.1) is 0 Å². The summed E-state index contributed by atoms with van der Waals surface area (Å²) >= 11 is 0. The summed E-state index contributed by atoms with van der Waals surface area (Å²) in [4.78, 5) is 10.1. The highest BCUT2D eigenvalue weighted by atomic mass is 15.0. The molecule has 3 heterocycles. The zero-order valence-corrected chi connectivity index (χ0v) is 28.2. The molecule has 0 radical (unpaired) electrons. The van der Waals surface area contributed by atoms with Crippen molar-refractivity contribution in [3.8, 4) is 34.0 Å². The number of nitrogens with zero attached hydrogens (tertiary/aromatic N) is 4. The molecule has 0 aliphatic carbocycles. The third-order valence-electron chi connectivity index (χ3n) is 9.67. The fourth-order valence-electron chi connectivity index (χ4n) is 7.24. The lowest BCUT2D eigenvalue weighted by molar-refractivity contribution is 1.14. The van der Waals surface area contributed by atoms with E-state index >= 15 is 0 Å². The molecule has 0 aliphatic rings. The predicted octanol–water partition coefficient (Wildman–Crippen LogP) is 12.2. The molecule has 6 aromatic carbocycles. The molecular weight excluding hydrogens is 621 g/mol. The van der Waals surface area contributed by atoms with Crippen molar-refractivity contribution in [1.29, 1.82) is 0 Å². The van der Waals surface area contributed by atoms with Crippen LogP contribution in [0.15, 0.2) is 183 Å². The molecule has 0 amide bonds. The molecule has 0 saturated carbocycles. The zero-order valence-electron chi connectivity index (χ0n) is 28.2. The summed E-state index contributed by atoms with van der Waals surface area (Å²) in [6, 6.07) is 53.8. The van der Waals surface area contributed by atoms with E-state index in [2.05, 4.69) is 162 Å². The first kappa shape index (κ1) is 30.3. The Morgan fingerprint density at radius 3 is 1.71 bits per heavy atom. The Bertz CT molecular complexity index is 2760. The lowest BCUT2D eigenvalue weighted by atomic mass is 10.1. The highest BCUT2D eigenvalue weighted by Gasteiger charge is 2.17. The monoisotopic (exact) mass is 654 g/mol. The summed E-state index contributed by atoms with van der Waals surface area (Å²) < 4.78 is 4.74. The van der Waals surface area contributed by atoms with Gasteiger partial charge in [0.05, 0.1) is 33.5 Å². The van der Waals surface area contributed by atoms with Gasteiger partial charge < -0.3 is 9.13 Å². The second-order valence-corrected chi connectivity index (χ2v) is 12.8. The van der Waals surface area contributed by atoms with Crippen LogP contribution in [0.4, 0.5) is 0 Å². The van der Waals surface area contributed by atoms with E-state index < -0.39 is 0 Å². The number of aromatic nitrogens is 4. The number of benzene rings is 6. The van der Waals surface area contributed by atoms with Crippen LogP contribution in [-0.4, -0.2) is 19.1 Å². The molecule has 3 aromatic heterocycles. The Balaban J connectivity index is 1.16. The van der Waals surface area contributed by atoms with E-state index in [4.69, 9.17) is 9.97 Å². The molecule has 9 rings (SSSR count). The first-order valence-corrected chi connectivity index (χ1v) is 17.2. The zero-order chi connectivity index (χ0) is 34.3. The van der Waals surface area contributed by atoms with Crippen molar-refractivity contribution >= 4 is 49.2 Å². The molecule has 0 spiro atoms. The van der Waals surface area contributed by atoms with Crippen molar-refractivity contribution in [1.82, 2.24) is 19.1 Å². The van der Waals surface area contributed by atoms with E-state index in [1.165, 1.54) is 32.6 Å². The van der Waals surface area contributed by atoms with Gasteiger partial charge in [-0.3, -0.25) is 0 Å². The highest BCUT2D eigenvalue weighted by Crippen LogP contribution is 2.37. The summed E-state index contributed by atoms with van der Waals surface area (Å²) in [5.74, 6) is 0.691. The third kappa shape index (κ3) is 5.25. The Labute approximate surface area is 296 Å². The second kappa shape index (κ2) is 12.6. The molecule has 9 aromatic rings. The SMILES string of the molecule is C=C/C=C\C=C(/C)c1cc(-c2ccccc2)nc(-c2ccc(-n3c4ccccc4c4cc(-n5c6ccccc6c6ccccc65)ccc43)cc2)n1. The van der Waals surface area contributed by atoms with Crippen LogP contribution in [-0.2, 0) is 0 Å². The minimum atomic E-state index is 0.691. The molecule has 242 valence electrons. The molecule has 51 heavy (non-hydrogen) atoms. The van der Waals surface area contributed by atoms with E-state index in [0.717, 1.165) is 50.5 Å². The van der Waals surface area contributed by atoms with Crippen LogP contribution >= 0.6 is 0 Å². The van der Waals surface area contributed by atoms with Gasteiger partial charge in [0, 0.05) is 44.0 Å². The molecule has 4 nitrogen and oxygen atoms in total. The summed E-state index contributed by atoms with van der Waals surface area (Å²) in [5.41, 5.74) is 11.8. The van der Waals surface area contributed by atoms with Gasteiger partial charge >= 0.3 is 0 Å². The van der Waals surface area contributed by atoms with E-state index in [1.807, 2.05) is 30.4 Å². The standard InChI is InChI=1S/C47H34N4/c1-3-4-6-15-32(2)41-31-42(33-16-7-5-8-17-33)49-47(48-41)34-24-26-35(27-25-34)50-45-23-14-11-20-39(45)40-30-36(28-29-46(40)50)51-43-21-12-9-18-37(43)38-19-10-13-22-44(38)51/h3-31H,1H2,2H3/b6-4-,32-15+. The van der Waals surface area contributed by atoms with Crippen molar-refractivity contribution in [2.75, 3.05) is 0 Å². The minimum absolute atomic E-state index is 0.691. The van der Waals surface area contributed by atoms with Crippen molar-refractivity contribution in [2.24, 2.45) is 0 Å². The summed E-state index contributed by atoms with van der Waals surface area (Å²) in [7, 11) is 0. The van der Waals surface area contributed by atoms with E-state index in [0.29, 0.717) is 5.82 Å². The molecule has 0 saturated heterocycles. The molecule has 0 unspecified atom stereocenters. The summed E-state index contributed by atoms with van der Waals surface area (Å²) in [5, 5.41) is 4.95. The van der Waals surface area contributed by atoms with Gasteiger partial charge in [-0.1, -0.05) is 116 Å². The fraction of sp³-hybridized carbons (Fsp3) is 0.0213. The third-order valence-corrected chi connectivity index (χ3v) is 9.67. The van der Waals surface area contributed by atoms with Gasteiger partial charge in [0.15, 0.2) is 5.82 Å². The Kier molecular flexibility index (Phi) is 7.48. The first-order valence-electron chi connectivity index (χ1n) is 17.2. The lowest BCUT2D eigenvalue weighted by Gasteiger charge is -2.12. The quantitative estimate of drug-likeness (QED) is 0.160. The topological polar surface area (TPSA) is 35.6 Å². The van der Waals surface area contributed by atoms with Crippen molar-refractivity contribution in [2.45, 2.75) is 6.92 Å². The summed E-state index contributed by atoms with van der Waals surface area (Å²) in [6.45, 7) is 5.86. The van der Waals surface area contributed by atoms with Crippen LogP contribution in [0.2, 0.25) is 0 Å². The van der Waals surface area contributed by atoms with Crippen LogP contribution in [0.1, 0.15) is 12.6 Å². The van der Waals surface area contributed by atoms with Crippen LogP contribution in [0, 0.1) is 0 Å². The van der Waals surface area contributed by atoms with Crippen LogP contribution in [0.25, 0.3) is 83.2 Å². The number of rotatable bonds is 7. The number of hydrogen-bond acceptors (Lipinski definition) is 2. The molecule has 0 atom stereocenters. The maximum absolute atomic E-state index is 5.04. The van der Waals surface area contributed by atoms with Crippen molar-refractivity contribution < 1.29 is 0 Å². The Morgan fingerprint density at radius 1 is 0.510 bits per heavy atom. The molecule has 0 fully saturated rings. The molecule has 0 N–H and O–H groups in total. The Morgan fingerprint density at radius 2 is 1.06 bits per heavy atom. The lowest BCUT2D eigenvalue weighted by Crippen LogP contribution is -1.98. The maximum Gasteiger partial charge on any atom is 0.160 e. The van der Waals surface area contributed by atoms with Gasteiger partial charge in [-0.05, 0) is 79.2 Å². The predicted molar refractivity (Wildman–Crippen MR) is 215 cm³/mol. The van der Waals surface area contributed by atoms with Crippen LogP contribution in [0.3, 0.4) is 0 Å². The van der Waals surface area contributed by atoms with Gasteiger partial charge in [0.2, 0.25) is 0 Å². The number of hydrogen-bond donors (Lipinski definition) is 0. The molecule has 4 heteroatoms. The molecule has 0 aliphatic heterocycles. The number of fused-ring (bicyclic) bond motifs is 6. The van der Waals surface area contributed by atoms with Crippen molar-refractivity contribution in [3.63, 3.8) is 0 Å². The first-order chi connectivity index (χ1) is 25.2. The van der Waals surface area contributed by atoms with E-state index in [9.17, 15) is 0 Å². The Hall–Kier alpha value is -6.78. The number of allylic oxidation sites excluding steroid dienone is 5. The number of para-hydroxylation sites is 3. The average molecular weight is 655 g/mol. The van der Waals surface area contributed by atoms with Crippen LogP contribution in [0.5, 0.6) is 0 Å². The normalized spacial score (nSPS) is 12.1.